The summed E-state index contributed by atoms with van der Waals surface area (Å²) >= 11 is 1.95. The Bertz CT molecular complexity index is 545. The summed E-state index contributed by atoms with van der Waals surface area (Å²) in [5, 5.41) is 5.36. The molecule has 6 nitrogen and oxygen atoms in total. The van der Waals surface area contributed by atoms with Crippen LogP contribution in [-0.4, -0.2) is 21.8 Å². The SMILES string of the molecule is CC12CC(=O)Nc3nc(I)nc(c31)NC2=O. The Balaban J connectivity index is 2.34. The Morgan fingerprint density at radius 1 is 1.25 bits per heavy atom. The van der Waals surface area contributed by atoms with E-state index in [0.29, 0.717) is 21.0 Å². The highest BCUT2D eigenvalue weighted by molar-refractivity contribution is 14.1. The van der Waals surface area contributed by atoms with Gasteiger partial charge in [-0.3, -0.25) is 9.59 Å². The van der Waals surface area contributed by atoms with E-state index in [-0.39, 0.29) is 18.2 Å². The zero-order valence-corrected chi connectivity index (χ0v) is 10.5. The highest BCUT2D eigenvalue weighted by Gasteiger charge is 2.50. The molecule has 16 heavy (non-hydrogen) atoms. The maximum Gasteiger partial charge on any atom is 0.236 e. The van der Waals surface area contributed by atoms with E-state index in [4.69, 9.17) is 0 Å². The molecule has 1 atom stereocenters. The van der Waals surface area contributed by atoms with Crippen LogP contribution in [-0.2, 0) is 15.0 Å². The number of hydrogen-bond acceptors (Lipinski definition) is 4. The number of carbonyl (C=O) groups excluding carboxylic acids is 2. The van der Waals surface area contributed by atoms with Crippen molar-refractivity contribution in [1.82, 2.24) is 9.97 Å². The first-order valence-electron chi connectivity index (χ1n) is 4.70. The van der Waals surface area contributed by atoms with Gasteiger partial charge in [0.25, 0.3) is 0 Å². The van der Waals surface area contributed by atoms with Gasteiger partial charge < -0.3 is 10.6 Å². The lowest BCUT2D eigenvalue weighted by Crippen LogP contribution is -2.39. The van der Waals surface area contributed by atoms with E-state index in [1.807, 2.05) is 22.6 Å². The Hall–Kier alpha value is -1.25. The van der Waals surface area contributed by atoms with E-state index in [1.165, 1.54) is 0 Å². The minimum atomic E-state index is -0.822. The van der Waals surface area contributed by atoms with Gasteiger partial charge >= 0.3 is 0 Å². The molecule has 3 rings (SSSR count). The van der Waals surface area contributed by atoms with Crippen molar-refractivity contribution in [2.75, 3.05) is 10.6 Å². The number of nitrogens with zero attached hydrogens (tertiary/aromatic N) is 2. The van der Waals surface area contributed by atoms with Crippen molar-refractivity contribution in [1.29, 1.82) is 0 Å². The first-order valence-corrected chi connectivity index (χ1v) is 5.78. The molecule has 0 spiro atoms. The largest absolute Gasteiger partial charge is 0.310 e. The molecule has 0 saturated carbocycles. The second kappa shape index (κ2) is 2.90. The van der Waals surface area contributed by atoms with Crippen molar-refractivity contribution in [2.45, 2.75) is 18.8 Å². The van der Waals surface area contributed by atoms with Gasteiger partial charge in [0.05, 0.1) is 11.0 Å². The Morgan fingerprint density at radius 3 is 2.56 bits per heavy atom. The van der Waals surface area contributed by atoms with Crippen LogP contribution in [0.3, 0.4) is 0 Å². The maximum atomic E-state index is 11.9. The van der Waals surface area contributed by atoms with E-state index in [9.17, 15) is 9.59 Å². The number of rotatable bonds is 0. The van der Waals surface area contributed by atoms with Crippen molar-refractivity contribution in [3.05, 3.63) is 9.39 Å². The standard InChI is InChI=1S/C9H7IN4O2/c1-9-2-3(15)11-5-4(9)6(12-7(9)16)14-8(10)13-5/h2H2,1H3,(H2,11,12,13,14,15,16). The molecular weight excluding hydrogens is 323 g/mol. The van der Waals surface area contributed by atoms with E-state index in [2.05, 4.69) is 20.6 Å². The van der Waals surface area contributed by atoms with Crippen molar-refractivity contribution >= 4 is 46.0 Å². The van der Waals surface area contributed by atoms with Crippen LogP contribution in [0.25, 0.3) is 0 Å². The topological polar surface area (TPSA) is 84.0 Å². The number of anilines is 2. The zero-order chi connectivity index (χ0) is 11.5. The molecule has 1 unspecified atom stereocenters. The minimum Gasteiger partial charge on any atom is -0.310 e. The molecule has 2 aliphatic rings. The van der Waals surface area contributed by atoms with Crippen LogP contribution < -0.4 is 10.6 Å². The number of amides is 2. The smallest absolute Gasteiger partial charge is 0.236 e. The maximum absolute atomic E-state index is 11.9. The fourth-order valence-electron chi connectivity index (χ4n) is 2.16. The van der Waals surface area contributed by atoms with Gasteiger partial charge in [-0.05, 0) is 6.92 Å². The van der Waals surface area contributed by atoms with E-state index in [1.54, 1.807) is 6.92 Å². The van der Waals surface area contributed by atoms with E-state index >= 15 is 0 Å². The second-order valence-electron chi connectivity index (χ2n) is 4.08. The van der Waals surface area contributed by atoms with Crippen molar-refractivity contribution < 1.29 is 9.59 Å². The van der Waals surface area contributed by atoms with Crippen LogP contribution in [0.4, 0.5) is 11.6 Å². The lowest BCUT2D eigenvalue weighted by atomic mass is 9.79. The van der Waals surface area contributed by atoms with E-state index < -0.39 is 5.41 Å². The van der Waals surface area contributed by atoms with Gasteiger partial charge in [0, 0.05) is 29.0 Å². The zero-order valence-electron chi connectivity index (χ0n) is 8.30. The van der Waals surface area contributed by atoms with Gasteiger partial charge in [-0.25, -0.2) is 9.97 Å². The molecule has 2 N–H and O–H groups in total. The van der Waals surface area contributed by atoms with Crippen LogP contribution in [0.1, 0.15) is 18.9 Å². The van der Waals surface area contributed by atoms with Crippen LogP contribution in [0.15, 0.2) is 0 Å². The molecule has 0 aliphatic carbocycles. The first-order chi connectivity index (χ1) is 7.50. The van der Waals surface area contributed by atoms with Gasteiger partial charge in [-0.15, -0.1) is 0 Å². The summed E-state index contributed by atoms with van der Waals surface area (Å²) in [4.78, 5) is 31.7. The average Bonchev–Trinajstić information content (AvgIpc) is 2.37. The van der Waals surface area contributed by atoms with Crippen LogP contribution >= 0.6 is 22.6 Å². The Kier molecular flexibility index (Phi) is 1.80. The molecule has 2 amide bonds. The molecule has 1 aromatic rings. The summed E-state index contributed by atoms with van der Waals surface area (Å²) in [6.07, 6.45) is 0.142. The molecule has 0 aromatic carbocycles. The molecule has 0 bridgehead atoms. The number of hydrogen-bond donors (Lipinski definition) is 2. The quantitative estimate of drug-likeness (QED) is 0.540. The number of nitrogens with one attached hydrogen (secondary N) is 2. The normalized spacial score (nSPS) is 26.1. The van der Waals surface area contributed by atoms with Crippen molar-refractivity contribution in [2.24, 2.45) is 0 Å². The Labute approximate surface area is 104 Å². The second-order valence-corrected chi connectivity index (χ2v) is 5.04. The predicted octanol–water partition coefficient (Wildman–Crippen LogP) is 0.633. The molecule has 1 aromatic heterocycles. The van der Waals surface area contributed by atoms with Crippen molar-refractivity contribution in [3.8, 4) is 0 Å². The number of aromatic nitrogens is 2. The molecule has 82 valence electrons. The molecule has 2 aliphatic heterocycles. The molecule has 3 heterocycles. The fraction of sp³-hybridized carbons (Fsp3) is 0.333. The van der Waals surface area contributed by atoms with Gasteiger partial charge in [0.1, 0.15) is 11.6 Å². The van der Waals surface area contributed by atoms with Crippen LogP contribution in [0.2, 0.25) is 0 Å². The summed E-state index contributed by atoms with van der Waals surface area (Å²) in [5.74, 6) is 0.593. The predicted molar refractivity (Wildman–Crippen MR) is 64.0 cm³/mol. The van der Waals surface area contributed by atoms with Gasteiger partial charge in [-0.2, -0.15) is 0 Å². The summed E-state index contributed by atoms with van der Waals surface area (Å²) in [6.45, 7) is 1.74. The molecule has 0 fully saturated rings. The highest BCUT2D eigenvalue weighted by atomic mass is 127. The summed E-state index contributed by atoms with van der Waals surface area (Å²) in [7, 11) is 0. The summed E-state index contributed by atoms with van der Waals surface area (Å²) < 4.78 is 0.498. The number of carbonyl (C=O) groups is 2. The lowest BCUT2D eigenvalue weighted by molar-refractivity contribution is -0.125. The number of halogens is 1. The first kappa shape index (κ1) is 9.94. The third-order valence-electron chi connectivity index (χ3n) is 2.94. The van der Waals surface area contributed by atoms with Crippen LogP contribution in [0.5, 0.6) is 0 Å². The summed E-state index contributed by atoms with van der Waals surface area (Å²) in [6, 6.07) is 0. The molecule has 0 saturated heterocycles. The monoisotopic (exact) mass is 330 g/mol. The van der Waals surface area contributed by atoms with Gasteiger partial charge in [-0.1, -0.05) is 0 Å². The molecule has 0 radical (unpaired) electrons. The minimum absolute atomic E-state index is 0.142. The molecular formula is C9H7IN4O2. The summed E-state index contributed by atoms with van der Waals surface area (Å²) in [5.41, 5.74) is -0.116. The van der Waals surface area contributed by atoms with Gasteiger partial charge in [0.2, 0.25) is 11.8 Å². The Morgan fingerprint density at radius 2 is 1.88 bits per heavy atom. The molecule has 7 heteroatoms. The van der Waals surface area contributed by atoms with E-state index in [0.717, 1.165) is 0 Å². The van der Waals surface area contributed by atoms with Gasteiger partial charge in [0.15, 0.2) is 3.83 Å². The lowest BCUT2D eigenvalue weighted by Gasteiger charge is -2.27. The average molecular weight is 330 g/mol. The van der Waals surface area contributed by atoms with Crippen molar-refractivity contribution in [3.63, 3.8) is 0 Å². The third kappa shape index (κ3) is 1.11. The fourth-order valence-corrected chi connectivity index (χ4v) is 2.64. The van der Waals surface area contributed by atoms with Crippen LogP contribution in [0, 0.1) is 3.83 Å². The highest BCUT2D eigenvalue weighted by Crippen LogP contribution is 2.45. The third-order valence-corrected chi connectivity index (χ3v) is 3.42.